The lowest BCUT2D eigenvalue weighted by molar-refractivity contribution is 0.0852. The standard InChI is InChI=1S/C26H27FN6O/c1-31-12-13-32(16-19-6-3-2-4-7-19)18-23(31)25-30-29-24-11-10-21(17-33(24)25)26(34)28-15-20-8-5-9-22(27)14-20/h2-11,14,17,23H,12-13,15-16,18H2,1H3,(H,28,34)/t23-/m0/s1. The maximum Gasteiger partial charge on any atom is 0.253 e. The number of hydrogen-bond acceptors (Lipinski definition) is 5. The van der Waals surface area contributed by atoms with E-state index in [1.807, 2.05) is 10.5 Å². The quantitative estimate of drug-likeness (QED) is 0.480. The number of nitrogens with zero attached hydrogens (tertiary/aromatic N) is 5. The average Bonchev–Trinajstić information content (AvgIpc) is 3.27. The van der Waals surface area contributed by atoms with Crippen molar-refractivity contribution in [1.29, 1.82) is 0 Å². The number of rotatable bonds is 6. The minimum Gasteiger partial charge on any atom is -0.348 e. The van der Waals surface area contributed by atoms with Crippen LogP contribution in [0.1, 0.15) is 33.4 Å². The minimum absolute atomic E-state index is 0.0538. The number of likely N-dealkylation sites (N-methyl/N-ethyl adjacent to an activating group) is 1. The van der Waals surface area contributed by atoms with Gasteiger partial charge in [-0.15, -0.1) is 10.2 Å². The molecule has 1 aliphatic heterocycles. The van der Waals surface area contributed by atoms with Gasteiger partial charge in [-0.2, -0.15) is 0 Å². The third-order valence-electron chi connectivity index (χ3n) is 6.31. The summed E-state index contributed by atoms with van der Waals surface area (Å²) in [5, 5.41) is 11.7. The molecule has 1 aliphatic rings. The lowest BCUT2D eigenvalue weighted by Crippen LogP contribution is -2.46. The summed E-state index contributed by atoms with van der Waals surface area (Å²) in [6.45, 7) is 3.86. The van der Waals surface area contributed by atoms with Gasteiger partial charge in [-0.05, 0) is 42.4 Å². The van der Waals surface area contributed by atoms with Gasteiger partial charge in [0.15, 0.2) is 11.5 Å². The molecule has 34 heavy (non-hydrogen) atoms. The molecule has 0 aliphatic carbocycles. The Morgan fingerprint density at radius 3 is 2.68 bits per heavy atom. The number of carbonyl (C=O) groups excluding carboxylic acids is 1. The molecule has 2 aromatic carbocycles. The van der Waals surface area contributed by atoms with Crippen molar-refractivity contribution in [3.63, 3.8) is 0 Å². The SMILES string of the molecule is CN1CCN(Cc2ccccc2)C[C@H]1c1nnc2ccc(C(=O)NCc3cccc(F)c3)cn12. The number of nitrogens with one attached hydrogen (secondary N) is 1. The Kier molecular flexibility index (Phi) is 6.33. The van der Waals surface area contributed by atoms with Crippen LogP contribution in [-0.4, -0.2) is 57.0 Å². The van der Waals surface area contributed by atoms with Crippen molar-refractivity contribution in [3.05, 3.63) is 101 Å². The molecule has 1 N–H and O–H groups in total. The summed E-state index contributed by atoms with van der Waals surface area (Å²) in [4.78, 5) is 17.5. The summed E-state index contributed by atoms with van der Waals surface area (Å²) >= 11 is 0. The van der Waals surface area contributed by atoms with Crippen molar-refractivity contribution < 1.29 is 9.18 Å². The Labute approximate surface area is 197 Å². The molecule has 2 aromatic heterocycles. The van der Waals surface area contributed by atoms with Gasteiger partial charge in [-0.3, -0.25) is 19.0 Å². The van der Waals surface area contributed by atoms with Crippen LogP contribution in [0.25, 0.3) is 5.65 Å². The topological polar surface area (TPSA) is 65.8 Å². The molecule has 1 saturated heterocycles. The maximum atomic E-state index is 13.4. The van der Waals surface area contributed by atoms with E-state index < -0.39 is 0 Å². The molecular formula is C26H27FN6O. The van der Waals surface area contributed by atoms with Crippen molar-refractivity contribution in [2.45, 2.75) is 19.1 Å². The Balaban J connectivity index is 1.34. The number of piperazine rings is 1. The number of amides is 1. The van der Waals surface area contributed by atoms with Gasteiger partial charge in [0.1, 0.15) is 5.82 Å². The highest BCUT2D eigenvalue weighted by atomic mass is 19.1. The van der Waals surface area contributed by atoms with E-state index >= 15 is 0 Å². The second-order valence-corrected chi connectivity index (χ2v) is 8.73. The first-order valence-electron chi connectivity index (χ1n) is 11.4. The van der Waals surface area contributed by atoms with Crippen LogP contribution in [0.4, 0.5) is 4.39 Å². The second kappa shape index (κ2) is 9.70. The highest BCUT2D eigenvalue weighted by Crippen LogP contribution is 2.24. The van der Waals surface area contributed by atoms with E-state index in [0.29, 0.717) is 16.8 Å². The molecule has 1 amide bonds. The molecule has 0 bridgehead atoms. The Bertz CT molecular complexity index is 1290. The summed E-state index contributed by atoms with van der Waals surface area (Å²) in [5.41, 5.74) is 3.20. The summed E-state index contributed by atoms with van der Waals surface area (Å²) in [7, 11) is 2.10. The molecule has 0 spiro atoms. The molecule has 0 unspecified atom stereocenters. The predicted octanol–water partition coefficient (Wildman–Crippen LogP) is 3.29. The van der Waals surface area contributed by atoms with Crippen molar-refractivity contribution in [2.24, 2.45) is 0 Å². The van der Waals surface area contributed by atoms with Gasteiger partial charge in [-0.25, -0.2) is 4.39 Å². The Morgan fingerprint density at radius 1 is 1.03 bits per heavy atom. The number of pyridine rings is 1. The van der Waals surface area contributed by atoms with Gasteiger partial charge in [0.2, 0.25) is 0 Å². The van der Waals surface area contributed by atoms with Gasteiger partial charge < -0.3 is 5.32 Å². The fourth-order valence-corrected chi connectivity index (χ4v) is 4.40. The first kappa shape index (κ1) is 22.2. The van der Waals surface area contributed by atoms with Crippen LogP contribution in [0.5, 0.6) is 0 Å². The zero-order valence-corrected chi connectivity index (χ0v) is 19.1. The van der Waals surface area contributed by atoms with Crippen molar-refractivity contribution in [2.75, 3.05) is 26.7 Å². The first-order valence-corrected chi connectivity index (χ1v) is 11.4. The third-order valence-corrected chi connectivity index (χ3v) is 6.31. The van der Waals surface area contributed by atoms with Crippen LogP contribution in [0.3, 0.4) is 0 Å². The molecule has 174 valence electrons. The van der Waals surface area contributed by atoms with E-state index in [2.05, 4.69) is 56.6 Å². The lowest BCUT2D eigenvalue weighted by Gasteiger charge is -2.38. The fraction of sp³-hybridized carbons (Fsp3) is 0.269. The summed E-state index contributed by atoms with van der Waals surface area (Å²) in [6.07, 6.45) is 1.79. The van der Waals surface area contributed by atoms with Crippen LogP contribution in [0.15, 0.2) is 72.9 Å². The molecule has 3 heterocycles. The largest absolute Gasteiger partial charge is 0.348 e. The predicted molar refractivity (Wildman–Crippen MR) is 128 cm³/mol. The summed E-state index contributed by atoms with van der Waals surface area (Å²) in [6, 6.07) is 20.3. The minimum atomic E-state index is -0.319. The molecule has 4 aromatic rings. The van der Waals surface area contributed by atoms with Gasteiger partial charge in [0, 0.05) is 38.9 Å². The molecular weight excluding hydrogens is 431 g/mol. The van der Waals surface area contributed by atoms with E-state index in [4.69, 9.17) is 0 Å². The highest BCUT2D eigenvalue weighted by Gasteiger charge is 2.29. The number of aromatic nitrogens is 3. The van der Waals surface area contributed by atoms with E-state index in [-0.39, 0.29) is 24.3 Å². The molecule has 5 rings (SSSR count). The smallest absolute Gasteiger partial charge is 0.253 e. The van der Waals surface area contributed by atoms with E-state index in [9.17, 15) is 9.18 Å². The van der Waals surface area contributed by atoms with Crippen molar-refractivity contribution in [1.82, 2.24) is 29.7 Å². The van der Waals surface area contributed by atoms with Gasteiger partial charge >= 0.3 is 0 Å². The van der Waals surface area contributed by atoms with E-state index in [1.165, 1.54) is 17.7 Å². The van der Waals surface area contributed by atoms with Gasteiger partial charge in [0.05, 0.1) is 11.6 Å². The van der Waals surface area contributed by atoms with Crippen LogP contribution in [0, 0.1) is 5.82 Å². The summed E-state index contributed by atoms with van der Waals surface area (Å²) < 4.78 is 15.3. The average molecular weight is 459 g/mol. The van der Waals surface area contributed by atoms with Crippen LogP contribution >= 0.6 is 0 Å². The molecule has 0 saturated carbocycles. The van der Waals surface area contributed by atoms with Crippen molar-refractivity contribution in [3.8, 4) is 0 Å². The van der Waals surface area contributed by atoms with Crippen LogP contribution in [-0.2, 0) is 13.1 Å². The zero-order chi connectivity index (χ0) is 23.5. The van der Waals surface area contributed by atoms with Gasteiger partial charge in [0.25, 0.3) is 5.91 Å². The number of benzene rings is 2. The monoisotopic (exact) mass is 458 g/mol. The number of hydrogen-bond donors (Lipinski definition) is 1. The number of carbonyl (C=O) groups is 1. The molecule has 0 radical (unpaired) electrons. The van der Waals surface area contributed by atoms with E-state index in [0.717, 1.165) is 32.0 Å². The first-order chi connectivity index (χ1) is 16.6. The Morgan fingerprint density at radius 2 is 1.85 bits per heavy atom. The Hall–Kier alpha value is -3.62. The molecule has 1 fully saturated rings. The number of fused-ring (bicyclic) bond motifs is 1. The van der Waals surface area contributed by atoms with Crippen LogP contribution in [0.2, 0.25) is 0 Å². The van der Waals surface area contributed by atoms with Gasteiger partial charge in [-0.1, -0.05) is 42.5 Å². The second-order valence-electron chi connectivity index (χ2n) is 8.73. The third kappa shape index (κ3) is 4.83. The maximum absolute atomic E-state index is 13.4. The molecule has 7 nitrogen and oxygen atoms in total. The molecule has 8 heteroatoms. The van der Waals surface area contributed by atoms with E-state index in [1.54, 1.807) is 30.5 Å². The fourth-order valence-electron chi connectivity index (χ4n) is 4.40. The van der Waals surface area contributed by atoms with Crippen molar-refractivity contribution >= 4 is 11.6 Å². The molecule has 1 atom stereocenters. The normalized spacial score (nSPS) is 17.2. The lowest BCUT2D eigenvalue weighted by atomic mass is 10.1. The number of halogens is 1. The van der Waals surface area contributed by atoms with Crippen LogP contribution < -0.4 is 5.32 Å². The highest BCUT2D eigenvalue weighted by molar-refractivity contribution is 5.94. The zero-order valence-electron chi connectivity index (χ0n) is 19.1. The summed E-state index contributed by atoms with van der Waals surface area (Å²) in [5.74, 6) is 0.267.